The van der Waals surface area contributed by atoms with Gasteiger partial charge in [-0.2, -0.15) is 8.78 Å². The van der Waals surface area contributed by atoms with Gasteiger partial charge in [-0.05, 0) is 43.3 Å². The van der Waals surface area contributed by atoms with Crippen molar-refractivity contribution in [2.45, 2.75) is 17.6 Å². The van der Waals surface area contributed by atoms with E-state index >= 15 is 0 Å². The summed E-state index contributed by atoms with van der Waals surface area (Å²) in [5, 5.41) is 3.21. The van der Waals surface area contributed by atoms with Gasteiger partial charge in [0.15, 0.2) is 0 Å². The van der Waals surface area contributed by atoms with Crippen LogP contribution in [-0.4, -0.2) is 33.2 Å². The third-order valence-electron chi connectivity index (χ3n) is 3.71. The Labute approximate surface area is 165 Å². The fraction of sp³-hybridized carbons (Fsp3) is 0.235. The number of likely N-dealkylation sites (N-methyl/N-ethyl adjacent to an activating group) is 1. The molecule has 10 heteroatoms. The molecule has 2 rings (SSSR count). The molecule has 0 fully saturated rings. The number of carbonyl (C=O) groups is 1. The van der Waals surface area contributed by atoms with Crippen molar-refractivity contribution in [3.63, 3.8) is 0 Å². The van der Waals surface area contributed by atoms with Crippen molar-refractivity contribution < 1.29 is 22.0 Å². The minimum absolute atomic E-state index is 0.0704. The molecule has 0 aliphatic rings. The summed E-state index contributed by atoms with van der Waals surface area (Å²) in [5.41, 5.74) is 0.798. The quantitative estimate of drug-likeness (QED) is 0.695. The molecule has 2 aromatic carbocycles. The van der Waals surface area contributed by atoms with Crippen molar-refractivity contribution in [1.82, 2.24) is 0 Å². The second kappa shape index (κ2) is 8.86. The molecule has 1 N–H and O–H groups in total. The summed E-state index contributed by atoms with van der Waals surface area (Å²) in [6.07, 6.45) is 0. The number of amides is 1. The van der Waals surface area contributed by atoms with Gasteiger partial charge < -0.3 is 10.2 Å². The van der Waals surface area contributed by atoms with E-state index in [4.69, 9.17) is 23.2 Å². The summed E-state index contributed by atoms with van der Waals surface area (Å²) in [7, 11) is -4.66. The van der Waals surface area contributed by atoms with Gasteiger partial charge in [-0.25, -0.2) is 8.42 Å². The van der Waals surface area contributed by atoms with Crippen LogP contribution in [0, 0.1) is 0 Å². The highest BCUT2D eigenvalue weighted by atomic mass is 35.5. The Morgan fingerprint density at radius 1 is 1.11 bits per heavy atom. The first kappa shape index (κ1) is 21.4. The minimum atomic E-state index is -4.66. The van der Waals surface area contributed by atoms with Crippen molar-refractivity contribution in [2.24, 2.45) is 0 Å². The van der Waals surface area contributed by atoms with Gasteiger partial charge in [0.25, 0.3) is 0 Å². The Bertz CT molecular complexity index is 902. The molecule has 0 heterocycles. The van der Waals surface area contributed by atoms with Crippen LogP contribution >= 0.6 is 23.2 Å². The predicted octanol–water partition coefficient (Wildman–Crippen LogP) is 4.45. The molecule has 0 saturated carbocycles. The van der Waals surface area contributed by atoms with E-state index in [1.807, 2.05) is 0 Å². The number of benzene rings is 2. The van der Waals surface area contributed by atoms with Crippen LogP contribution in [0.15, 0.2) is 47.4 Å². The van der Waals surface area contributed by atoms with E-state index in [0.29, 0.717) is 28.0 Å². The Morgan fingerprint density at radius 2 is 1.67 bits per heavy atom. The first-order valence-corrected chi connectivity index (χ1v) is 10.1. The lowest BCUT2D eigenvalue weighted by molar-refractivity contribution is -0.115. The van der Waals surface area contributed by atoms with Crippen molar-refractivity contribution in [3.8, 4) is 0 Å². The molecule has 1 amide bonds. The standard InChI is InChI=1S/C17H16Cl2F2N2O3S/c1-2-23(10-15(24)22-16-13(18)4-3-5-14(16)19)11-6-8-12(9-7-11)27(25,26)17(20)21/h3-9,17H,2,10H2,1H3,(H,22,24). The lowest BCUT2D eigenvalue weighted by Crippen LogP contribution is -2.33. The number of hydrogen-bond donors (Lipinski definition) is 1. The van der Waals surface area contributed by atoms with Crippen LogP contribution < -0.4 is 10.2 Å². The number of carbonyl (C=O) groups excluding carboxylic acids is 1. The zero-order valence-electron chi connectivity index (χ0n) is 14.1. The molecule has 0 aliphatic heterocycles. The summed E-state index contributed by atoms with van der Waals surface area (Å²) < 4.78 is 48.1. The van der Waals surface area contributed by atoms with Crippen LogP contribution in [0.5, 0.6) is 0 Å². The summed E-state index contributed by atoms with van der Waals surface area (Å²) in [4.78, 5) is 13.5. The number of rotatable bonds is 7. The molecule has 0 bridgehead atoms. The molecule has 146 valence electrons. The number of nitrogens with one attached hydrogen (secondary N) is 1. The molecule has 0 aromatic heterocycles. The number of anilines is 2. The second-order valence-electron chi connectivity index (χ2n) is 5.46. The van der Waals surface area contributed by atoms with Crippen molar-refractivity contribution in [1.29, 1.82) is 0 Å². The van der Waals surface area contributed by atoms with E-state index in [-0.39, 0.29) is 6.54 Å². The maximum absolute atomic E-state index is 12.6. The number of para-hydroxylation sites is 1. The molecule has 0 saturated heterocycles. The van der Waals surface area contributed by atoms with Crippen molar-refractivity contribution in [2.75, 3.05) is 23.3 Å². The minimum Gasteiger partial charge on any atom is -0.362 e. The van der Waals surface area contributed by atoms with Gasteiger partial charge in [-0.1, -0.05) is 29.3 Å². The Hall–Kier alpha value is -1.90. The number of nitrogens with zero attached hydrogens (tertiary/aromatic N) is 1. The zero-order valence-corrected chi connectivity index (χ0v) is 16.5. The van der Waals surface area contributed by atoms with Gasteiger partial charge >= 0.3 is 5.76 Å². The Morgan fingerprint density at radius 3 is 2.15 bits per heavy atom. The molecule has 0 unspecified atom stereocenters. The first-order chi connectivity index (χ1) is 12.7. The van der Waals surface area contributed by atoms with Crippen LogP contribution in [0.1, 0.15) is 6.92 Å². The zero-order chi connectivity index (χ0) is 20.2. The molecule has 5 nitrogen and oxygen atoms in total. The highest BCUT2D eigenvalue weighted by Crippen LogP contribution is 2.30. The topological polar surface area (TPSA) is 66.5 Å². The van der Waals surface area contributed by atoms with Gasteiger partial charge in [0.2, 0.25) is 15.7 Å². The number of sulfone groups is 1. The number of alkyl halides is 2. The molecule has 0 radical (unpaired) electrons. The van der Waals surface area contributed by atoms with E-state index in [2.05, 4.69) is 5.32 Å². The third-order valence-corrected chi connectivity index (χ3v) is 5.74. The summed E-state index contributed by atoms with van der Waals surface area (Å²) in [5.74, 6) is -3.88. The highest BCUT2D eigenvalue weighted by Gasteiger charge is 2.26. The van der Waals surface area contributed by atoms with E-state index in [1.54, 1.807) is 30.0 Å². The maximum atomic E-state index is 12.6. The van der Waals surface area contributed by atoms with Gasteiger partial charge in [-0.15, -0.1) is 0 Å². The number of halogens is 4. The fourth-order valence-corrected chi connectivity index (χ4v) is 3.52. The molecule has 0 aliphatic carbocycles. The van der Waals surface area contributed by atoms with Crippen LogP contribution in [0.3, 0.4) is 0 Å². The van der Waals surface area contributed by atoms with Gasteiger partial charge in [0.1, 0.15) is 0 Å². The highest BCUT2D eigenvalue weighted by molar-refractivity contribution is 7.91. The maximum Gasteiger partial charge on any atom is 0.341 e. The lowest BCUT2D eigenvalue weighted by Gasteiger charge is -2.23. The van der Waals surface area contributed by atoms with Crippen LogP contribution in [0.4, 0.5) is 20.2 Å². The van der Waals surface area contributed by atoms with Crippen molar-refractivity contribution in [3.05, 3.63) is 52.5 Å². The van der Waals surface area contributed by atoms with Crippen LogP contribution in [0.25, 0.3) is 0 Å². The van der Waals surface area contributed by atoms with Crippen LogP contribution in [0.2, 0.25) is 10.0 Å². The monoisotopic (exact) mass is 436 g/mol. The molecule has 27 heavy (non-hydrogen) atoms. The van der Waals surface area contributed by atoms with Crippen LogP contribution in [-0.2, 0) is 14.6 Å². The smallest absolute Gasteiger partial charge is 0.341 e. The molecular weight excluding hydrogens is 421 g/mol. The predicted molar refractivity (Wildman–Crippen MR) is 103 cm³/mol. The average Bonchev–Trinajstić information content (AvgIpc) is 2.63. The first-order valence-electron chi connectivity index (χ1n) is 7.77. The van der Waals surface area contributed by atoms with E-state index < -0.39 is 26.4 Å². The Kier molecular flexibility index (Phi) is 7.02. The fourth-order valence-electron chi connectivity index (χ4n) is 2.30. The Balaban J connectivity index is 2.14. The van der Waals surface area contributed by atoms with E-state index in [0.717, 1.165) is 12.1 Å². The second-order valence-corrected chi connectivity index (χ2v) is 8.19. The van der Waals surface area contributed by atoms with Gasteiger partial charge in [0.05, 0.1) is 27.2 Å². The third kappa shape index (κ3) is 5.09. The van der Waals surface area contributed by atoms with E-state index in [9.17, 15) is 22.0 Å². The SMILES string of the molecule is CCN(CC(=O)Nc1c(Cl)cccc1Cl)c1ccc(S(=O)(=O)C(F)F)cc1. The molecule has 0 spiro atoms. The molecular formula is C17H16Cl2F2N2O3S. The van der Waals surface area contributed by atoms with Gasteiger partial charge in [-0.3, -0.25) is 4.79 Å². The van der Waals surface area contributed by atoms with E-state index in [1.165, 1.54) is 12.1 Å². The number of hydrogen-bond acceptors (Lipinski definition) is 4. The summed E-state index contributed by atoms with van der Waals surface area (Å²) in [6, 6.07) is 9.73. The summed E-state index contributed by atoms with van der Waals surface area (Å²) >= 11 is 12.0. The average molecular weight is 437 g/mol. The summed E-state index contributed by atoms with van der Waals surface area (Å²) in [6.45, 7) is 2.14. The molecule has 0 atom stereocenters. The normalized spacial score (nSPS) is 11.5. The lowest BCUT2D eigenvalue weighted by atomic mass is 10.2. The van der Waals surface area contributed by atoms with Crippen molar-refractivity contribution >= 4 is 50.3 Å². The molecule has 2 aromatic rings. The largest absolute Gasteiger partial charge is 0.362 e. The van der Waals surface area contributed by atoms with Gasteiger partial charge in [0, 0.05) is 12.2 Å².